The highest BCUT2D eigenvalue weighted by Gasteiger charge is 2.30. The van der Waals surface area contributed by atoms with Crippen molar-refractivity contribution in [3.05, 3.63) is 0 Å². The van der Waals surface area contributed by atoms with Crippen LogP contribution in [0.25, 0.3) is 0 Å². The second-order valence-electron chi connectivity index (χ2n) is 4.21. The maximum absolute atomic E-state index is 5.75. The molecule has 2 heteroatoms. The van der Waals surface area contributed by atoms with E-state index >= 15 is 0 Å². The Morgan fingerprint density at radius 3 is 2.50 bits per heavy atom. The van der Waals surface area contributed by atoms with Gasteiger partial charge in [-0.1, -0.05) is 12.8 Å². The topological polar surface area (TPSA) is 29.3 Å². The molecule has 70 valence electrons. The zero-order valence-corrected chi connectivity index (χ0v) is 7.84. The van der Waals surface area contributed by atoms with Crippen molar-refractivity contribution in [3.63, 3.8) is 0 Å². The fraction of sp³-hybridized carbons (Fsp3) is 1.00. The molecule has 12 heavy (non-hydrogen) atoms. The van der Waals surface area contributed by atoms with Gasteiger partial charge in [0.1, 0.15) is 0 Å². The molecule has 0 spiro atoms. The summed E-state index contributed by atoms with van der Waals surface area (Å²) in [6.45, 7) is 2.18. The van der Waals surface area contributed by atoms with Gasteiger partial charge in [-0.05, 0) is 32.2 Å². The zero-order valence-electron chi connectivity index (χ0n) is 7.84. The van der Waals surface area contributed by atoms with Crippen LogP contribution in [0.4, 0.5) is 0 Å². The standard InChI is InChI=1S/C10H20N2/c11-8-10-6-3-7-12(10)9-4-1-2-5-9/h9-10H,1-8,11H2/t10-/m1/s1. The Bertz CT molecular complexity index is 141. The summed E-state index contributed by atoms with van der Waals surface area (Å²) in [4.78, 5) is 2.67. The molecule has 2 aliphatic rings. The molecule has 2 nitrogen and oxygen atoms in total. The minimum atomic E-state index is 0.716. The molecule has 2 fully saturated rings. The smallest absolute Gasteiger partial charge is 0.0221 e. The lowest BCUT2D eigenvalue weighted by Crippen LogP contribution is -2.41. The van der Waals surface area contributed by atoms with E-state index in [0.29, 0.717) is 6.04 Å². The van der Waals surface area contributed by atoms with E-state index in [9.17, 15) is 0 Å². The Kier molecular flexibility index (Phi) is 2.66. The molecule has 0 unspecified atom stereocenters. The molecule has 2 N–H and O–H groups in total. The molecule has 2 rings (SSSR count). The van der Waals surface area contributed by atoms with Crippen LogP contribution in [-0.4, -0.2) is 30.1 Å². The van der Waals surface area contributed by atoms with Gasteiger partial charge in [0.05, 0.1) is 0 Å². The second kappa shape index (κ2) is 3.75. The van der Waals surface area contributed by atoms with Crippen LogP contribution in [0, 0.1) is 0 Å². The molecule has 1 aliphatic carbocycles. The van der Waals surface area contributed by atoms with E-state index < -0.39 is 0 Å². The quantitative estimate of drug-likeness (QED) is 0.674. The van der Waals surface area contributed by atoms with Gasteiger partial charge in [-0.25, -0.2) is 0 Å². The molecular weight excluding hydrogens is 148 g/mol. The summed E-state index contributed by atoms with van der Waals surface area (Å²) in [7, 11) is 0. The molecule has 0 bridgehead atoms. The lowest BCUT2D eigenvalue weighted by atomic mass is 10.1. The van der Waals surface area contributed by atoms with E-state index in [2.05, 4.69) is 4.90 Å². The van der Waals surface area contributed by atoms with Gasteiger partial charge in [-0.3, -0.25) is 4.90 Å². The van der Waals surface area contributed by atoms with Crippen LogP contribution in [0.3, 0.4) is 0 Å². The highest BCUT2D eigenvalue weighted by molar-refractivity contribution is 4.87. The molecule has 0 aromatic carbocycles. The number of rotatable bonds is 2. The largest absolute Gasteiger partial charge is 0.329 e. The average molecular weight is 168 g/mol. The first-order chi connectivity index (χ1) is 5.92. The molecule has 1 saturated heterocycles. The van der Waals surface area contributed by atoms with Crippen molar-refractivity contribution >= 4 is 0 Å². The van der Waals surface area contributed by atoms with Crippen LogP contribution < -0.4 is 5.73 Å². The molecule has 1 atom stereocenters. The van der Waals surface area contributed by atoms with Crippen molar-refractivity contribution in [1.82, 2.24) is 4.90 Å². The Labute approximate surface area is 75.1 Å². The normalized spacial score (nSPS) is 33.2. The Morgan fingerprint density at radius 2 is 1.83 bits per heavy atom. The molecule has 0 aromatic rings. The Hall–Kier alpha value is -0.0800. The van der Waals surface area contributed by atoms with Gasteiger partial charge < -0.3 is 5.73 Å². The number of nitrogens with two attached hydrogens (primary N) is 1. The number of nitrogens with zero attached hydrogens (tertiary/aromatic N) is 1. The fourth-order valence-electron chi connectivity index (χ4n) is 2.83. The molecule has 1 heterocycles. The van der Waals surface area contributed by atoms with E-state index in [1.54, 1.807) is 0 Å². The van der Waals surface area contributed by atoms with Crippen LogP contribution in [-0.2, 0) is 0 Å². The molecule has 0 aromatic heterocycles. The number of hydrogen-bond donors (Lipinski definition) is 1. The van der Waals surface area contributed by atoms with E-state index in [1.807, 2.05) is 0 Å². The van der Waals surface area contributed by atoms with Crippen molar-refractivity contribution < 1.29 is 0 Å². The van der Waals surface area contributed by atoms with E-state index in [-0.39, 0.29) is 0 Å². The van der Waals surface area contributed by atoms with E-state index in [1.165, 1.54) is 45.1 Å². The third-order valence-electron chi connectivity index (χ3n) is 3.49. The summed E-state index contributed by atoms with van der Waals surface area (Å²) >= 11 is 0. The Morgan fingerprint density at radius 1 is 1.08 bits per heavy atom. The first-order valence-corrected chi connectivity index (χ1v) is 5.37. The zero-order chi connectivity index (χ0) is 8.39. The lowest BCUT2D eigenvalue weighted by Gasteiger charge is -2.29. The van der Waals surface area contributed by atoms with Gasteiger partial charge in [0.25, 0.3) is 0 Å². The van der Waals surface area contributed by atoms with Crippen LogP contribution in [0.5, 0.6) is 0 Å². The summed E-state index contributed by atoms with van der Waals surface area (Å²) in [5.74, 6) is 0. The van der Waals surface area contributed by atoms with Crippen molar-refractivity contribution in [2.45, 2.75) is 50.6 Å². The van der Waals surface area contributed by atoms with Gasteiger partial charge >= 0.3 is 0 Å². The number of likely N-dealkylation sites (tertiary alicyclic amines) is 1. The SMILES string of the molecule is NC[C@H]1CCCN1C1CCCC1. The van der Waals surface area contributed by atoms with Crippen molar-refractivity contribution in [2.75, 3.05) is 13.1 Å². The van der Waals surface area contributed by atoms with Crippen LogP contribution >= 0.6 is 0 Å². The number of hydrogen-bond acceptors (Lipinski definition) is 2. The fourth-order valence-corrected chi connectivity index (χ4v) is 2.83. The minimum absolute atomic E-state index is 0.716. The Balaban J connectivity index is 1.92. The van der Waals surface area contributed by atoms with E-state index in [0.717, 1.165) is 12.6 Å². The minimum Gasteiger partial charge on any atom is -0.329 e. The summed E-state index contributed by atoms with van der Waals surface area (Å²) in [6.07, 6.45) is 8.45. The first kappa shape index (κ1) is 8.52. The summed E-state index contributed by atoms with van der Waals surface area (Å²) in [5, 5.41) is 0. The lowest BCUT2D eigenvalue weighted by molar-refractivity contribution is 0.185. The maximum atomic E-state index is 5.75. The predicted molar refractivity (Wildman–Crippen MR) is 51.0 cm³/mol. The molecule has 1 saturated carbocycles. The maximum Gasteiger partial charge on any atom is 0.0221 e. The highest BCUT2D eigenvalue weighted by atomic mass is 15.2. The van der Waals surface area contributed by atoms with Gasteiger partial charge in [-0.2, -0.15) is 0 Å². The summed E-state index contributed by atoms with van der Waals surface area (Å²) in [6, 6.07) is 1.61. The first-order valence-electron chi connectivity index (χ1n) is 5.37. The monoisotopic (exact) mass is 168 g/mol. The van der Waals surface area contributed by atoms with E-state index in [4.69, 9.17) is 5.73 Å². The third-order valence-corrected chi connectivity index (χ3v) is 3.49. The predicted octanol–water partition coefficient (Wildman–Crippen LogP) is 1.35. The van der Waals surface area contributed by atoms with Gasteiger partial charge in [0.15, 0.2) is 0 Å². The second-order valence-corrected chi connectivity index (χ2v) is 4.21. The van der Waals surface area contributed by atoms with Gasteiger partial charge in [0, 0.05) is 18.6 Å². The molecule has 1 aliphatic heterocycles. The van der Waals surface area contributed by atoms with Crippen molar-refractivity contribution in [2.24, 2.45) is 5.73 Å². The van der Waals surface area contributed by atoms with Gasteiger partial charge in [0.2, 0.25) is 0 Å². The summed E-state index contributed by atoms with van der Waals surface area (Å²) in [5.41, 5.74) is 5.75. The average Bonchev–Trinajstić information content (AvgIpc) is 2.74. The van der Waals surface area contributed by atoms with Gasteiger partial charge in [-0.15, -0.1) is 0 Å². The third kappa shape index (κ3) is 1.50. The highest BCUT2D eigenvalue weighted by Crippen LogP contribution is 2.29. The molecular formula is C10H20N2. The van der Waals surface area contributed by atoms with Crippen LogP contribution in [0.1, 0.15) is 38.5 Å². The van der Waals surface area contributed by atoms with Crippen LogP contribution in [0.2, 0.25) is 0 Å². The van der Waals surface area contributed by atoms with Crippen LogP contribution in [0.15, 0.2) is 0 Å². The molecule has 0 radical (unpaired) electrons. The summed E-state index contributed by atoms with van der Waals surface area (Å²) < 4.78 is 0. The van der Waals surface area contributed by atoms with Crippen molar-refractivity contribution in [3.8, 4) is 0 Å². The van der Waals surface area contributed by atoms with Crippen molar-refractivity contribution in [1.29, 1.82) is 0 Å². The molecule has 0 amide bonds.